The van der Waals surface area contributed by atoms with Gasteiger partial charge in [-0.25, -0.2) is 17.9 Å². The third-order valence-corrected chi connectivity index (χ3v) is 4.64. The molecule has 0 unspecified atom stereocenters. The molecule has 1 rings (SSSR count). The molecule has 0 aliphatic heterocycles. The molecule has 1 heterocycles. The Kier molecular flexibility index (Phi) is 6.07. The first-order chi connectivity index (χ1) is 9.38. The first-order valence-corrected chi connectivity index (χ1v) is 7.81. The zero-order valence-electron chi connectivity index (χ0n) is 10.6. The molecular formula is C10H14N2O6S2. The Balaban J connectivity index is 2.64. The number of ether oxygens (including phenoxy) is 1. The van der Waals surface area contributed by atoms with Crippen LogP contribution >= 0.6 is 11.3 Å². The van der Waals surface area contributed by atoms with Crippen LogP contribution in [0.1, 0.15) is 9.67 Å². The second-order valence-electron chi connectivity index (χ2n) is 3.59. The van der Waals surface area contributed by atoms with Gasteiger partial charge in [0.1, 0.15) is 9.77 Å². The number of carboxylic acid groups (broad SMARTS) is 1. The maximum atomic E-state index is 11.9. The molecule has 0 aliphatic carbocycles. The van der Waals surface area contributed by atoms with E-state index < -0.39 is 28.4 Å². The molecule has 1 aromatic rings. The van der Waals surface area contributed by atoms with Gasteiger partial charge in [-0.2, -0.15) is 0 Å². The fourth-order valence-electron chi connectivity index (χ4n) is 1.26. The fourth-order valence-corrected chi connectivity index (χ4v) is 3.50. The predicted molar refractivity (Wildman–Crippen MR) is 71.4 cm³/mol. The molecule has 10 heteroatoms. The van der Waals surface area contributed by atoms with Crippen LogP contribution in [0.15, 0.2) is 16.3 Å². The van der Waals surface area contributed by atoms with Crippen LogP contribution in [0.5, 0.6) is 0 Å². The molecule has 0 atom stereocenters. The molecule has 0 spiro atoms. The number of thiophene rings is 1. The molecule has 3 N–H and O–H groups in total. The lowest BCUT2D eigenvalue weighted by atomic mass is 10.5. The van der Waals surface area contributed by atoms with Gasteiger partial charge in [-0.1, -0.05) is 0 Å². The lowest BCUT2D eigenvalue weighted by molar-refractivity contribution is -0.120. The highest BCUT2D eigenvalue weighted by Crippen LogP contribution is 2.21. The van der Waals surface area contributed by atoms with Crippen LogP contribution in [-0.4, -0.2) is 52.2 Å². The summed E-state index contributed by atoms with van der Waals surface area (Å²) < 4.78 is 30.5. The van der Waals surface area contributed by atoms with E-state index >= 15 is 0 Å². The molecule has 0 radical (unpaired) electrons. The maximum absolute atomic E-state index is 11.9. The first-order valence-electron chi connectivity index (χ1n) is 5.44. The van der Waals surface area contributed by atoms with Crippen LogP contribution in [0.2, 0.25) is 0 Å². The summed E-state index contributed by atoms with van der Waals surface area (Å²) in [5.41, 5.74) is 0. The summed E-state index contributed by atoms with van der Waals surface area (Å²) in [6, 6.07) is 1.18. The van der Waals surface area contributed by atoms with Crippen LogP contribution in [0.3, 0.4) is 0 Å². The summed E-state index contributed by atoms with van der Waals surface area (Å²) in [4.78, 5) is 21.6. The summed E-state index contributed by atoms with van der Waals surface area (Å²) in [6.07, 6.45) is 0. The fraction of sp³-hybridized carbons (Fsp3) is 0.400. The lowest BCUT2D eigenvalue weighted by Crippen LogP contribution is -2.38. The van der Waals surface area contributed by atoms with Crippen LogP contribution in [0, 0.1) is 0 Å². The Bertz CT molecular complexity index is 580. The highest BCUT2D eigenvalue weighted by atomic mass is 32.2. The van der Waals surface area contributed by atoms with Crippen molar-refractivity contribution in [2.75, 3.05) is 26.8 Å². The molecule has 0 saturated carbocycles. The van der Waals surface area contributed by atoms with Gasteiger partial charge in [0.15, 0.2) is 0 Å². The molecule has 112 valence electrons. The van der Waals surface area contributed by atoms with Crippen molar-refractivity contribution in [2.45, 2.75) is 4.90 Å². The highest BCUT2D eigenvalue weighted by molar-refractivity contribution is 7.89. The van der Waals surface area contributed by atoms with Crippen LogP contribution in [0.25, 0.3) is 0 Å². The average Bonchev–Trinajstić information content (AvgIpc) is 2.87. The van der Waals surface area contributed by atoms with Crippen LogP contribution in [-0.2, 0) is 19.6 Å². The number of rotatable bonds is 8. The molecule has 0 fully saturated rings. The van der Waals surface area contributed by atoms with E-state index in [9.17, 15) is 18.0 Å². The third kappa shape index (κ3) is 4.56. The van der Waals surface area contributed by atoms with Gasteiger partial charge in [-0.05, 0) is 11.4 Å². The second kappa shape index (κ2) is 7.33. The van der Waals surface area contributed by atoms with E-state index in [-0.39, 0.29) is 16.3 Å². The molecular weight excluding hydrogens is 308 g/mol. The molecule has 0 aromatic carbocycles. The van der Waals surface area contributed by atoms with Crippen molar-refractivity contribution in [1.82, 2.24) is 10.0 Å². The number of hydrogen-bond acceptors (Lipinski definition) is 6. The summed E-state index contributed by atoms with van der Waals surface area (Å²) in [7, 11) is -2.56. The maximum Gasteiger partial charge on any atom is 0.347 e. The lowest BCUT2D eigenvalue weighted by Gasteiger charge is -2.07. The van der Waals surface area contributed by atoms with E-state index in [1.807, 2.05) is 4.72 Å². The van der Waals surface area contributed by atoms with Gasteiger partial charge in [-0.15, -0.1) is 11.3 Å². The summed E-state index contributed by atoms with van der Waals surface area (Å²) in [5, 5.41) is 12.7. The summed E-state index contributed by atoms with van der Waals surface area (Å²) >= 11 is 0.800. The molecule has 1 amide bonds. The van der Waals surface area contributed by atoms with Crippen molar-refractivity contribution >= 4 is 33.2 Å². The number of hydrogen-bond donors (Lipinski definition) is 3. The normalized spacial score (nSPS) is 11.2. The molecule has 8 nitrogen and oxygen atoms in total. The smallest absolute Gasteiger partial charge is 0.347 e. The van der Waals surface area contributed by atoms with Gasteiger partial charge >= 0.3 is 5.97 Å². The molecule has 0 saturated heterocycles. The molecule has 1 aromatic heterocycles. The minimum absolute atomic E-state index is 0.260. The van der Waals surface area contributed by atoms with E-state index in [1.54, 1.807) is 0 Å². The van der Waals surface area contributed by atoms with E-state index in [4.69, 9.17) is 9.84 Å². The third-order valence-electron chi connectivity index (χ3n) is 2.16. The molecule has 20 heavy (non-hydrogen) atoms. The van der Waals surface area contributed by atoms with Crippen molar-refractivity contribution in [2.24, 2.45) is 0 Å². The number of methoxy groups -OCH3 is 1. The Hall–Kier alpha value is -1.49. The quantitative estimate of drug-likeness (QED) is 0.554. The van der Waals surface area contributed by atoms with Crippen molar-refractivity contribution < 1.29 is 27.9 Å². The van der Waals surface area contributed by atoms with Crippen molar-refractivity contribution in [1.29, 1.82) is 0 Å². The van der Waals surface area contributed by atoms with Gasteiger partial charge < -0.3 is 15.2 Å². The number of carboxylic acids is 1. The largest absolute Gasteiger partial charge is 0.477 e. The summed E-state index contributed by atoms with van der Waals surface area (Å²) in [5.74, 6) is -1.86. The number of amides is 1. The number of nitrogens with one attached hydrogen (secondary N) is 2. The molecule has 0 aliphatic rings. The van der Waals surface area contributed by atoms with Crippen LogP contribution < -0.4 is 10.0 Å². The van der Waals surface area contributed by atoms with Crippen LogP contribution in [0.4, 0.5) is 0 Å². The SMILES string of the molecule is COCCNC(=O)CNS(=O)(=O)c1ccsc1C(=O)O. The van der Waals surface area contributed by atoms with Gasteiger partial charge in [-0.3, -0.25) is 4.79 Å². The van der Waals surface area contributed by atoms with E-state index in [1.165, 1.54) is 18.6 Å². The van der Waals surface area contributed by atoms with Crippen molar-refractivity contribution in [3.05, 3.63) is 16.3 Å². The Morgan fingerprint density at radius 2 is 2.15 bits per heavy atom. The second-order valence-corrected chi connectivity index (χ2v) is 6.24. The Morgan fingerprint density at radius 1 is 1.45 bits per heavy atom. The number of aromatic carboxylic acids is 1. The number of carbonyl (C=O) groups is 2. The van der Waals surface area contributed by atoms with Gasteiger partial charge in [0, 0.05) is 13.7 Å². The minimum Gasteiger partial charge on any atom is -0.477 e. The van der Waals surface area contributed by atoms with Gasteiger partial charge in [0.25, 0.3) is 0 Å². The topological polar surface area (TPSA) is 122 Å². The Labute approximate surface area is 119 Å². The van der Waals surface area contributed by atoms with Gasteiger partial charge in [0.05, 0.1) is 13.2 Å². The van der Waals surface area contributed by atoms with E-state index in [0.717, 1.165) is 11.3 Å². The van der Waals surface area contributed by atoms with Crippen molar-refractivity contribution in [3.8, 4) is 0 Å². The molecule has 0 bridgehead atoms. The van der Waals surface area contributed by atoms with Crippen molar-refractivity contribution in [3.63, 3.8) is 0 Å². The van der Waals surface area contributed by atoms with Gasteiger partial charge in [0.2, 0.25) is 15.9 Å². The predicted octanol–water partition coefficient (Wildman–Crippen LogP) is -0.513. The number of sulfonamides is 1. The number of carbonyl (C=O) groups excluding carboxylic acids is 1. The van der Waals surface area contributed by atoms with E-state index in [2.05, 4.69) is 5.32 Å². The minimum atomic E-state index is -4.03. The highest BCUT2D eigenvalue weighted by Gasteiger charge is 2.24. The monoisotopic (exact) mass is 322 g/mol. The van der Waals surface area contributed by atoms with E-state index in [0.29, 0.717) is 6.61 Å². The zero-order chi connectivity index (χ0) is 15.2. The zero-order valence-corrected chi connectivity index (χ0v) is 12.2. The standard InChI is InChI=1S/C10H14N2O6S2/c1-18-4-3-11-8(13)6-12-20(16,17)7-2-5-19-9(7)10(14)15/h2,5,12H,3-4,6H2,1H3,(H,11,13)(H,14,15). The average molecular weight is 322 g/mol. The first kappa shape index (κ1) is 16.6. The Morgan fingerprint density at radius 3 is 2.75 bits per heavy atom. The summed E-state index contributed by atoms with van der Waals surface area (Å²) in [6.45, 7) is 0.100.